The zero-order valence-electron chi connectivity index (χ0n) is 9.79. The van der Waals surface area contributed by atoms with Gasteiger partial charge in [0.15, 0.2) is 0 Å². The summed E-state index contributed by atoms with van der Waals surface area (Å²) in [7, 11) is 0. The first-order chi connectivity index (χ1) is 7.67. The molecule has 3 fully saturated rings. The second-order valence-corrected chi connectivity index (χ2v) is 5.68. The molecule has 16 heavy (non-hydrogen) atoms. The van der Waals surface area contributed by atoms with Gasteiger partial charge in [-0.05, 0) is 39.2 Å². The molecule has 4 atom stereocenters. The molecule has 3 heterocycles. The monoisotopic (exact) mass is 224 g/mol. The Morgan fingerprint density at radius 2 is 2.38 bits per heavy atom. The van der Waals surface area contributed by atoms with Crippen LogP contribution in [0, 0.1) is 5.41 Å². The van der Waals surface area contributed by atoms with Crippen LogP contribution in [0.3, 0.4) is 0 Å². The molecule has 0 aromatic carbocycles. The van der Waals surface area contributed by atoms with Gasteiger partial charge in [-0.25, -0.2) is 0 Å². The first-order valence-electron chi connectivity index (χ1n) is 6.34. The van der Waals surface area contributed by atoms with Gasteiger partial charge in [-0.15, -0.1) is 0 Å². The van der Waals surface area contributed by atoms with E-state index < -0.39 is 0 Å². The molecule has 1 amide bonds. The van der Waals surface area contributed by atoms with Crippen molar-refractivity contribution in [3.8, 4) is 0 Å². The van der Waals surface area contributed by atoms with Gasteiger partial charge in [0.05, 0.1) is 23.7 Å². The molecule has 0 saturated carbocycles. The van der Waals surface area contributed by atoms with Crippen molar-refractivity contribution in [3.05, 3.63) is 0 Å². The summed E-state index contributed by atoms with van der Waals surface area (Å²) >= 11 is 0. The van der Waals surface area contributed by atoms with E-state index in [4.69, 9.17) is 4.74 Å². The average molecular weight is 224 g/mol. The SMILES string of the molecule is CC1(C(=O)NC2CC3CCC2O3)CCNC1. The molecule has 3 aliphatic rings. The Bertz CT molecular complexity index is 299. The molecule has 2 N–H and O–H groups in total. The highest BCUT2D eigenvalue weighted by Crippen LogP contribution is 2.35. The molecule has 0 aliphatic carbocycles. The van der Waals surface area contributed by atoms with Crippen LogP contribution in [0.5, 0.6) is 0 Å². The van der Waals surface area contributed by atoms with Crippen molar-refractivity contribution in [2.45, 2.75) is 50.9 Å². The van der Waals surface area contributed by atoms with Gasteiger partial charge in [0.2, 0.25) is 5.91 Å². The molecule has 0 aromatic rings. The largest absolute Gasteiger partial charge is 0.373 e. The van der Waals surface area contributed by atoms with E-state index in [0.29, 0.717) is 6.10 Å². The van der Waals surface area contributed by atoms with Crippen LogP contribution in [-0.4, -0.2) is 37.2 Å². The van der Waals surface area contributed by atoms with Crippen LogP contribution in [0.2, 0.25) is 0 Å². The maximum atomic E-state index is 12.2. The summed E-state index contributed by atoms with van der Waals surface area (Å²) in [5.74, 6) is 0.207. The lowest BCUT2D eigenvalue weighted by Crippen LogP contribution is -2.48. The summed E-state index contributed by atoms with van der Waals surface area (Å²) in [6.45, 7) is 3.81. The molecule has 0 spiro atoms. The number of amides is 1. The fraction of sp³-hybridized carbons (Fsp3) is 0.917. The molecule has 3 aliphatic heterocycles. The molecule has 2 bridgehead atoms. The number of hydrogen-bond acceptors (Lipinski definition) is 3. The second-order valence-electron chi connectivity index (χ2n) is 5.68. The molecule has 3 rings (SSSR count). The van der Waals surface area contributed by atoms with Crippen molar-refractivity contribution in [1.82, 2.24) is 10.6 Å². The number of nitrogens with one attached hydrogen (secondary N) is 2. The van der Waals surface area contributed by atoms with Crippen LogP contribution in [0.4, 0.5) is 0 Å². The molecule has 0 aromatic heterocycles. The van der Waals surface area contributed by atoms with Gasteiger partial charge in [0.1, 0.15) is 0 Å². The molecular formula is C12H20N2O2. The van der Waals surface area contributed by atoms with E-state index >= 15 is 0 Å². The minimum atomic E-state index is -0.207. The van der Waals surface area contributed by atoms with Gasteiger partial charge in [-0.1, -0.05) is 0 Å². The summed E-state index contributed by atoms with van der Waals surface area (Å²) in [5, 5.41) is 6.45. The molecule has 90 valence electrons. The fourth-order valence-corrected chi connectivity index (χ4v) is 3.14. The first kappa shape index (κ1) is 10.5. The molecular weight excluding hydrogens is 204 g/mol. The minimum absolute atomic E-state index is 0.207. The molecule has 4 unspecified atom stereocenters. The van der Waals surface area contributed by atoms with E-state index in [0.717, 1.165) is 32.4 Å². The number of carbonyl (C=O) groups excluding carboxylic acids is 1. The minimum Gasteiger partial charge on any atom is -0.373 e. The lowest BCUT2D eigenvalue weighted by molar-refractivity contribution is -0.130. The summed E-state index contributed by atoms with van der Waals surface area (Å²) in [4.78, 5) is 12.2. The third kappa shape index (κ3) is 1.64. The summed E-state index contributed by atoms with van der Waals surface area (Å²) < 4.78 is 5.75. The van der Waals surface area contributed by atoms with Crippen molar-refractivity contribution in [1.29, 1.82) is 0 Å². The van der Waals surface area contributed by atoms with Crippen LogP contribution < -0.4 is 10.6 Å². The van der Waals surface area contributed by atoms with E-state index in [1.54, 1.807) is 0 Å². The van der Waals surface area contributed by atoms with Gasteiger partial charge in [0.25, 0.3) is 0 Å². The van der Waals surface area contributed by atoms with Crippen LogP contribution >= 0.6 is 0 Å². The molecule has 0 radical (unpaired) electrons. The first-order valence-corrected chi connectivity index (χ1v) is 6.34. The third-order valence-corrected chi connectivity index (χ3v) is 4.34. The standard InChI is InChI=1S/C12H20N2O2/c1-12(4-5-13-7-12)11(15)14-9-6-8-2-3-10(9)16-8/h8-10,13H,2-7H2,1H3,(H,14,15). The molecule has 3 saturated heterocycles. The van der Waals surface area contributed by atoms with Gasteiger partial charge >= 0.3 is 0 Å². The van der Waals surface area contributed by atoms with E-state index in [9.17, 15) is 4.79 Å². The third-order valence-electron chi connectivity index (χ3n) is 4.34. The Kier molecular flexibility index (Phi) is 2.44. The fourth-order valence-electron chi connectivity index (χ4n) is 3.14. The van der Waals surface area contributed by atoms with Crippen LogP contribution in [0.1, 0.15) is 32.6 Å². The predicted molar refractivity (Wildman–Crippen MR) is 60.0 cm³/mol. The van der Waals surface area contributed by atoms with Crippen LogP contribution in [0.25, 0.3) is 0 Å². The van der Waals surface area contributed by atoms with Crippen molar-refractivity contribution >= 4 is 5.91 Å². The van der Waals surface area contributed by atoms with Gasteiger partial charge in [0, 0.05) is 6.54 Å². The smallest absolute Gasteiger partial charge is 0.227 e. The maximum Gasteiger partial charge on any atom is 0.227 e. The number of rotatable bonds is 2. The highest BCUT2D eigenvalue weighted by atomic mass is 16.5. The lowest BCUT2D eigenvalue weighted by Gasteiger charge is -2.27. The number of carbonyl (C=O) groups is 1. The zero-order chi connectivity index (χ0) is 11.2. The van der Waals surface area contributed by atoms with Gasteiger partial charge in [-0.3, -0.25) is 4.79 Å². The number of fused-ring (bicyclic) bond motifs is 2. The Labute approximate surface area is 96.1 Å². The summed E-state index contributed by atoms with van der Waals surface area (Å²) in [5.41, 5.74) is -0.207. The average Bonchev–Trinajstić information content (AvgIpc) is 2.93. The Hall–Kier alpha value is -0.610. The zero-order valence-corrected chi connectivity index (χ0v) is 9.79. The summed E-state index contributed by atoms with van der Waals surface area (Å²) in [6.07, 6.45) is 4.94. The van der Waals surface area contributed by atoms with Crippen molar-refractivity contribution < 1.29 is 9.53 Å². The number of hydrogen-bond donors (Lipinski definition) is 2. The van der Waals surface area contributed by atoms with E-state index in [1.807, 2.05) is 0 Å². The second kappa shape index (κ2) is 3.70. The lowest BCUT2D eigenvalue weighted by atomic mass is 9.87. The van der Waals surface area contributed by atoms with Gasteiger partial charge < -0.3 is 15.4 Å². The quantitative estimate of drug-likeness (QED) is 0.715. The van der Waals surface area contributed by atoms with E-state index in [1.165, 1.54) is 6.42 Å². The van der Waals surface area contributed by atoms with Crippen molar-refractivity contribution in [2.75, 3.05) is 13.1 Å². The maximum absolute atomic E-state index is 12.2. The molecule has 4 heteroatoms. The predicted octanol–water partition coefficient (Wildman–Crippen LogP) is 0.422. The van der Waals surface area contributed by atoms with Crippen LogP contribution in [-0.2, 0) is 9.53 Å². The highest BCUT2D eigenvalue weighted by Gasteiger charge is 2.44. The van der Waals surface area contributed by atoms with E-state index in [2.05, 4.69) is 17.6 Å². The number of ether oxygens (including phenoxy) is 1. The van der Waals surface area contributed by atoms with E-state index in [-0.39, 0.29) is 23.5 Å². The highest BCUT2D eigenvalue weighted by molar-refractivity contribution is 5.83. The van der Waals surface area contributed by atoms with Crippen molar-refractivity contribution in [2.24, 2.45) is 5.41 Å². The van der Waals surface area contributed by atoms with Crippen LogP contribution in [0.15, 0.2) is 0 Å². The normalized spacial score (nSPS) is 46.2. The Morgan fingerprint density at radius 1 is 1.50 bits per heavy atom. The summed E-state index contributed by atoms with van der Waals surface area (Å²) in [6, 6.07) is 0.267. The van der Waals surface area contributed by atoms with Gasteiger partial charge in [-0.2, -0.15) is 0 Å². The Balaban J connectivity index is 1.60. The molecule has 4 nitrogen and oxygen atoms in total. The topological polar surface area (TPSA) is 50.4 Å². The van der Waals surface area contributed by atoms with Crippen molar-refractivity contribution in [3.63, 3.8) is 0 Å². The Morgan fingerprint density at radius 3 is 2.94 bits per heavy atom.